The highest BCUT2D eigenvalue weighted by Gasteiger charge is 2.17. The summed E-state index contributed by atoms with van der Waals surface area (Å²) in [4.78, 5) is 0.961. The first kappa shape index (κ1) is 13.5. The van der Waals surface area contributed by atoms with Crippen LogP contribution in [-0.2, 0) is 6.42 Å². The van der Waals surface area contributed by atoms with E-state index < -0.39 is 11.6 Å². The highest BCUT2D eigenvalue weighted by atomic mass is 35.5. The van der Waals surface area contributed by atoms with Gasteiger partial charge in [-0.1, -0.05) is 17.7 Å². The fraction of sp³-hybridized carbons (Fsp3) is 0.231. The molecule has 1 unspecified atom stereocenters. The number of halogens is 3. The van der Waals surface area contributed by atoms with E-state index in [1.54, 1.807) is 7.05 Å². The van der Waals surface area contributed by atoms with E-state index in [0.717, 1.165) is 10.9 Å². The molecule has 1 aromatic heterocycles. The van der Waals surface area contributed by atoms with Crippen LogP contribution in [-0.4, -0.2) is 7.05 Å². The number of rotatable bonds is 4. The van der Waals surface area contributed by atoms with Crippen LogP contribution in [0.4, 0.5) is 8.78 Å². The molecule has 1 nitrogen and oxygen atoms in total. The molecular formula is C13H12ClF2NS. The molecule has 0 bridgehead atoms. The van der Waals surface area contributed by atoms with Gasteiger partial charge in [-0.05, 0) is 36.5 Å². The van der Waals surface area contributed by atoms with Crippen LogP contribution < -0.4 is 5.32 Å². The van der Waals surface area contributed by atoms with Crippen molar-refractivity contribution >= 4 is 22.9 Å². The standard InChI is InChI=1S/C13H12ClF2NS/c1-17-12(13-10(14)4-5-18-13)6-8-2-3-9(15)7-11(8)16/h2-5,7,12,17H,6H2,1H3. The van der Waals surface area contributed by atoms with Gasteiger partial charge in [-0.2, -0.15) is 0 Å². The quantitative estimate of drug-likeness (QED) is 0.889. The van der Waals surface area contributed by atoms with Crippen molar-refractivity contribution in [2.24, 2.45) is 0 Å². The average Bonchev–Trinajstić information content (AvgIpc) is 2.75. The van der Waals surface area contributed by atoms with E-state index in [1.807, 2.05) is 11.4 Å². The van der Waals surface area contributed by atoms with Gasteiger partial charge in [0.05, 0.1) is 5.02 Å². The Hall–Kier alpha value is -0.970. The summed E-state index contributed by atoms with van der Waals surface area (Å²) in [7, 11) is 1.79. The summed E-state index contributed by atoms with van der Waals surface area (Å²) < 4.78 is 26.4. The van der Waals surface area contributed by atoms with Crippen LogP contribution in [0.1, 0.15) is 16.5 Å². The van der Waals surface area contributed by atoms with E-state index in [9.17, 15) is 8.78 Å². The number of nitrogens with one attached hydrogen (secondary N) is 1. The first-order chi connectivity index (χ1) is 8.61. The van der Waals surface area contributed by atoms with Gasteiger partial charge in [0.2, 0.25) is 0 Å². The van der Waals surface area contributed by atoms with E-state index in [-0.39, 0.29) is 6.04 Å². The molecule has 0 spiro atoms. The molecule has 1 atom stereocenters. The van der Waals surface area contributed by atoms with Crippen LogP contribution in [0.3, 0.4) is 0 Å². The van der Waals surface area contributed by atoms with Gasteiger partial charge in [-0.3, -0.25) is 0 Å². The van der Waals surface area contributed by atoms with Gasteiger partial charge < -0.3 is 5.32 Å². The first-order valence-corrected chi connectivity index (χ1v) is 6.71. The van der Waals surface area contributed by atoms with Crippen LogP contribution in [0.5, 0.6) is 0 Å². The molecule has 1 aromatic carbocycles. The van der Waals surface area contributed by atoms with Crippen molar-refractivity contribution in [2.45, 2.75) is 12.5 Å². The number of likely N-dealkylation sites (N-methyl/N-ethyl adjacent to an activating group) is 1. The maximum atomic E-state index is 13.6. The summed E-state index contributed by atoms with van der Waals surface area (Å²) in [6, 6.07) is 5.38. The predicted octanol–water partition coefficient (Wildman–Crippen LogP) is 4.18. The second-order valence-corrected chi connectivity index (χ2v) is 5.27. The number of hydrogen-bond donors (Lipinski definition) is 1. The Kier molecular flexibility index (Phi) is 4.32. The average molecular weight is 288 g/mol. The van der Waals surface area contributed by atoms with Crippen molar-refractivity contribution < 1.29 is 8.78 Å². The van der Waals surface area contributed by atoms with Gasteiger partial charge in [0.1, 0.15) is 11.6 Å². The molecule has 0 amide bonds. The lowest BCUT2D eigenvalue weighted by Gasteiger charge is -2.15. The topological polar surface area (TPSA) is 12.0 Å². The van der Waals surface area contributed by atoms with Crippen LogP contribution in [0, 0.1) is 11.6 Å². The molecule has 96 valence electrons. The molecule has 0 fully saturated rings. The molecule has 0 radical (unpaired) electrons. The summed E-state index contributed by atoms with van der Waals surface area (Å²) in [5.41, 5.74) is 0.472. The van der Waals surface area contributed by atoms with Crippen molar-refractivity contribution in [3.05, 3.63) is 56.7 Å². The molecule has 0 aliphatic rings. The maximum Gasteiger partial charge on any atom is 0.129 e. The Morgan fingerprint density at radius 1 is 1.33 bits per heavy atom. The normalized spacial score (nSPS) is 12.7. The van der Waals surface area contributed by atoms with Crippen molar-refractivity contribution in [3.63, 3.8) is 0 Å². The maximum absolute atomic E-state index is 13.6. The third-order valence-electron chi connectivity index (χ3n) is 2.75. The summed E-state index contributed by atoms with van der Waals surface area (Å²) in [6.45, 7) is 0. The molecule has 1 N–H and O–H groups in total. The van der Waals surface area contributed by atoms with Gasteiger partial charge in [-0.15, -0.1) is 11.3 Å². The molecule has 5 heteroatoms. The van der Waals surface area contributed by atoms with E-state index in [2.05, 4.69) is 5.32 Å². The van der Waals surface area contributed by atoms with Crippen molar-refractivity contribution in [1.82, 2.24) is 5.32 Å². The summed E-state index contributed by atoms with van der Waals surface area (Å²) in [5, 5.41) is 5.66. The van der Waals surface area contributed by atoms with Gasteiger partial charge >= 0.3 is 0 Å². The lowest BCUT2D eigenvalue weighted by molar-refractivity contribution is 0.544. The summed E-state index contributed by atoms with van der Waals surface area (Å²) in [6.07, 6.45) is 0.433. The molecular weight excluding hydrogens is 276 g/mol. The minimum absolute atomic E-state index is 0.0718. The molecule has 18 heavy (non-hydrogen) atoms. The van der Waals surface area contributed by atoms with E-state index in [1.165, 1.54) is 23.5 Å². The van der Waals surface area contributed by atoms with E-state index in [4.69, 9.17) is 11.6 Å². The van der Waals surface area contributed by atoms with Crippen molar-refractivity contribution in [2.75, 3.05) is 7.05 Å². The highest BCUT2D eigenvalue weighted by Crippen LogP contribution is 2.31. The largest absolute Gasteiger partial charge is 0.312 e. The Morgan fingerprint density at radius 2 is 2.11 bits per heavy atom. The smallest absolute Gasteiger partial charge is 0.129 e. The van der Waals surface area contributed by atoms with Crippen LogP contribution >= 0.6 is 22.9 Å². The molecule has 1 heterocycles. The van der Waals surface area contributed by atoms with Crippen LogP contribution in [0.25, 0.3) is 0 Å². The van der Waals surface area contributed by atoms with Crippen molar-refractivity contribution in [3.8, 4) is 0 Å². The fourth-order valence-electron chi connectivity index (χ4n) is 1.79. The van der Waals surface area contributed by atoms with Gasteiger partial charge in [0.15, 0.2) is 0 Å². The Labute approximate surface area is 113 Å². The van der Waals surface area contributed by atoms with Gasteiger partial charge in [0, 0.05) is 17.0 Å². The highest BCUT2D eigenvalue weighted by molar-refractivity contribution is 7.10. The second kappa shape index (κ2) is 5.78. The minimum atomic E-state index is -0.564. The lowest BCUT2D eigenvalue weighted by atomic mass is 10.0. The zero-order valence-corrected chi connectivity index (χ0v) is 11.3. The molecule has 2 aromatic rings. The molecule has 0 saturated carbocycles. The SMILES string of the molecule is CNC(Cc1ccc(F)cc1F)c1sccc1Cl. The Bertz CT molecular complexity index is 542. The minimum Gasteiger partial charge on any atom is -0.312 e. The zero-order valence-electron chi connectivity index (χ0n) is 9.71. The van der Waals surface area contributed by atoms with Crippen LogP contribution in [0.2, 0.25) is 5.02 Å². The molecule has 0 saturated heterocycles. The fourth-order valence-corrected chi connectivity index (χ4v) is 3.09. The monoisotopic (exact) mass is 287 g/mol. The first-order valence-electron chi connectivity index (χ1n) is 5.46. The molecule has 0 aliphatic heterocycles. The number of benzene rings is 1. The third-order valence-corrected chi connectivity index (χ3v) is 4.22. The summed E-state index contributed by atoms with van der Waals surface area (Å²) in [5.74, 6) is -1.09. The summed E-state index contributed by atoms with van der Waals surface area (Å²) >= 11 is 7.58. The Balaban J connectivity index is 2.23. The number of thiophene rings is 1. The van der Waals surface area contributed by atoms with E-state index in [0.29, 0.717) is 17.0 Å². The van der Waals surface area contributed by atoms with Crippen molar-refractivity contribution in [1.29, 1.82) is 0 Å². The number of hydrogen-bond acceptors (Lipinski definition) is 2. The zero-order chi connectivity index (χ0) is 13.1. The Morgan fingerprint density at radius 3 is 2.67 bits per heavy atom. The third kappa shape index (κ3) is 2.88. The second-order valence-electron chi connectivity index (χ2n) is 3.91. The lowest BCUT2D eigenvalue weighted by Crippen LogP contribution is -2.18. The predicted molar refractivity (Wildman–Crippen MR) is 71.2 cm³/mol. The molecule has 2 rings (SSSR count). The van der Waals surface area contributed by atoms with Gasteiger partial charge in [-0.25, -0.2) is 8.78 Å². The van der Waals surface area contributed by atoms with E-state index >= 15 is 0 Å². The van der Waals surface area contributed by atoms with Gasteiger partial charge in [0.25, 0.3) is 0 Å². The van der Waals surface area contributed by atoms with Crippen LogP contribution in [0.15, 0.2) is 29.6 Å². The molecule has 0 aliphatic carbocycles.